The Morgan fingerprint density at radius 3 is 2.71 bits per heavy atom. The zero-order valence-corrected chi connectivity index (χ0v) is 4.15. The third-order valence-electron chi connectivity index (χ3n) is 1.70. The summed E-state index contributed by atoms with van der Waals surface area (Å²) in [5, 5.41) is 6.61. The average Bonchev–Trinajstić information content (AvgIpc) is 2.22. The lowest BCUT2D eigenvalue weighted by atomic mass is 10.3. The van der Waals surface area contributed by atoms with Gasteiger partial charge in [0.05, 0.1) is 0 Å². The van der Waals surface area contributed by atoms with Crippen molar-refractivity contribution in [1.82, 2.24) is 10.6 Å². The van der Waals surface area contributed by atoms with Crippen molar-refractivity contribution in [3.8, 4) is 0 Å². The monoisotopic (exact) mass is 97.1 g/mol. The fourth-order valence-corrected chi connectivity index (χ4v) is 1.27. The van der Waals surface area contributed by atoms with Crippen molar-refractivity contribution < 1.29 is 0 Å². The summed E-state index contributed by atoms with van der Waals surface area (Å²) >= 11 is 0. The lowest BCUT2D eigenvalue weighted by molar-refractivity contribution is 0.584. The zero-order chi connectivity index (χ0) is 4.69. The molecule has 2 unspecified atom stereocenters. The van der Waals surface area contributed by atoms with Gasteiger partial charge in [-0.25, -0.2) is 0 Å². The van der Waals surface area contributed by atoms with Crippen LogP contribution in [0.5, 0.6) is 0 Å². The van der Waals surface area contributed by atoms with Crippen molar-refractivity contribution in [3.05, 3.63) is 6.54 Å². The molecule has 2 rings (SSSR count). The van der Waals surface area contributed by atoms with E-state index in [-0.39, 0.29) is 0 Å². The van der Waals surface area contributed by atoms with Crippen LogP contribution >= 0.6 is 0 Å². The molecule has 39 valence electrons. The minimum absolute atomic E-state index is 0.685. The van der Waals surface area contributed by atoms with E-state index in [2.05, 4.69) is 17.2 Å². The van der Waals surface area contributed by atoms with Crippen molar-refractivity contribution in [2.45, 2.75) is 18.5 Å². The minimum atomic E-state index is 0.685. The summed E-state index contributed by atoms with van der Waals surface area (Å²) in [4.78, 5) is 0. The molecule has 2 heterocycles. The van der Waals surface area contributed by atoms with E-state index in [1.807, 2.05) is 0 Å². The van der Waals surface area contributed by atoms with E-state index >= 15 is 0 Å². The predicted octanol–water partition coefficient (Wildman–Crippen LogP) is -0.518. The molecule has 0 aliphatic carbocycles. The summed E-state index contributed by atoms with van der Waals surface area (Å²) < 4.78 is 0. The van der Waals surface area contributed by atoms with Crippen molar-refractivity contribution in [3.63, 3.8) is 0 Å². The van der Waals surface area contributed by atoms with E-state index in [1.165, 1.54) is 13.0 Å². The summed E-state index contributed by atoms with van der Waals surface area (Å²) in [7, 11) is 0. The maximum Gasteiger partial charge on any atom is 0.0394 e. The molecule has 2 fully saturated rings. The molecule has 0 spiro atoms. The van der Waals surface area contributed by atoms with Gasteiger partial charge in [-0.05, 0) is 6.42 Å². The van der Waals surface area contributed by atoms with Crippen LogP contribution in [0.1, 0.15) is 6.42 Å². The number of piperazine rings is 1. The molecule has 7 heavy (non-hydrogen) atoms. The van der Waals surface area contributed by atoms with Crippen molar-refractivity contribution >= 4 is 0 Å². The summed E-state index contributed by atoms with van der Waals surface area (Å²) in [6, 6.07) is 1.44. The van der Waals surface area contributed by atoms with Gasteiger partial charge in [0.25, 0.3) is 0 Å². The van der Waals surface area contributed by atoms with Gasteiger partial charge in [-0.2, -0.15) is 0 Å². The molecule has 0 aromatic rings. The standard InChI is InChI=1S/C5H9N2/c1-4-2-6-5(1)3-7-4/h2,4-7H,1,3H2. The second kappa shape index (κ2) is 1.20. The third-order valence-corrected chi connectivity index (χ3v) is 1.70. The summed E-state index contributed by atoms with van der Waals surface area (Å²) in [6.45, 7) is 3.31. The van der Waals surface area contributed by atoms with Gasteiger partial charge in [0.2, 0.25) is 0 Å². The van der Waals surface area contributed by atoms with Crippen LogP contribution in [0.4, 0.5) is 0 Å². The van der Waals surface area contributed by atoms with Crippen molar-refractivity contribution in [1.29, 1.82) is 0 Å². The lowest BCUT2D eigenvalue weighted by Crippen LogP contribution is -2.36. The highest BCUT2D eigenvalue weighted by Gasteiger charge is 2.30. The fourth-order valence-electron chi connectivity index (χ4n) is 1.27. The number of fused-ring (bicyclic) bond motifs is 2. The molecule has 2 heteroatoms. The molecule has 0 saturated carbocycles. The Morgan fingerprint density at radius 1 is 1.57 bits per heavy atom. The predicted molar refractivity (Wildman–Crippen MR) is 27.6 cm³/mol. The number of hydrogen-bond donors (Lipinski definition) is 2. The molecule has 2 N–H and O–H groups in total. The fraction of sp³-hybridized carbons (Fsp3) is 0.800. The normalized spacial score (nSPS) is 48.0. The Kier molecular flexibility index (Phi) is 0.664. The number of nitrogens with one attached hydrogen (secondary N) is 2. The Bertz CT molecular complexity index is 64.1. The second-order valence-electron chi connectivity index (χ2n) is 2.28. The molecule has 0 aromatic carbocycles. The molecule has 2 bridgehead atoms. The molecule has 0 aromatic heterocycles. The van der Waals surface area contributed by atoms with Crippen molar-refractivity contribution in [2.75, 3.05) is 6.54 Å². The Labute approximate surface area is 43.3 Å². The Hall–Kier alpha value is -0.0800. The molecular weight excluding hydrogens is 88.1 g/mol. The number of rotatable bonds is 0. The molecule has 2 aliphatic heterocycles. The molecule has 2 saturated heterocycles. The first-order valence-corrected chi connectivity index (χ1v) is 2.78. The van der Waals surface area contributed by atoms with Crippen LogP contribution < -0.4 is 10.6 Å². The Balaban J connectivity index is 2.12. The van der Waals surface area contributed by atoms with E-state index in [9.17, 15) is 0 Å². The Morgan fingerprint density at radius 2 is 2.57 bits per heavy atom. The number of hydrogen-bond acceptors (Lipinski definition) is 2. The van der Waals surface area contributed by atoms with Gasteiger partial charge in [0.15, 0.2) is 0 Å². The topological polar surface area (TPSA) is 24.1 Å². The first-order valence-electron chi connectivity index (χ1n) is 2.78. The molecular formula is C5H9N2. The zero-order valence-electron chi connectivity index (χ0n) is 4.15. The van der Waals surface area contributed by atoms with Crippen LogP contribution in [-0.2, 0) is 0 Å². The van der Waals surface area contributed by atoms with Crippen LogP contribution in [-0.4, -0.2) is 18.6 Å². The molecule has 2 nitrogen and oxygen atoms in total. The smallest absolute Gasteiger partial charge is 0.0394 e. The first kappa shape index (κ1) is 3.87. The molecule has 2 atom stereocenters. The quantitative estimate of drug-likeness (QED) is 0.425. The summed E-state index contributed by atoms with van der Waals surface area (Å²) in [5.41, 5.74) is 0. The van der Waals surface area contributed by atoms with Gasteiger partial charge in [0, 0.05) is 25.2 Å². The highest BCUT2D eigenvalue weighted by molar-refractivity contribution is 5.01. The summed E-state index contributed by atoms with van der Waals surface area (Å²) in [5.74, 6) is 0. The van der Waals surface area contributed by atoms with E-state index in [1.54, 1.807) is 0 Å². The second-order valence-corrected chi connectivity index (χ2v) is 2.28. The first-order chi connectivity index (χ1) is 3.45. The lowest BCUT2D eigenvalue weighted by Gasteiger charge is -2.09. The van der Waals surface area contributed by atoms with Crippen LogP contribution in [0.3, 0.4) is 0 Å². The molecule has 2 aliphatic rings. The SMILES string of the molecule is [CH]1NC2CNC1C2. The van der Waals surface area contributed by atoms with Gasteiger partial charge in [-0.15, -0.1) is 0 Å². The van der Waals surface area contributed by atoms with E-state index in [0.29, 0.717) is 6.04 Å². The van der Waals surface area contributed by atoms with E-state index in [4.69, 9.17) is 0 Å². The minimum Gasteiger partial charge on any atom is -0.311 e. The molecule has 1 radical (unpaired) electrons. The maximum atomic E-state index is 3.34. The van der Waals surface area contributed by atoms with Crippen molar-refractivity contribution in [2.24, 2.45) is 0 Å². The van der Waals surface area contributed by atoms with Crippen LogP contribution in [0.15, 0.2) is 0 Å². The van der Waals surface area contributed by atoms with Gasteiger partial charge in [0.1, 0.15) is 0 Å². The third kappa shape index (κ3) is 0.469. The van der Waals surface area contributed by atoms with Crippen LogP contribution in [0.2, 0.25) is 0 Å². The highest BCUT2D eigenvalue weighted by Crippen LogP contribution is 2.14. The van der Waals surface area contributed by atoms with Crippen LogP contribution in [0.25, 0.3) is 0 Å². The molecule has 0 amide bonds. The van der Waals surface area contributed by atoms with Gasteiger partial charge in [-0.1, -0.05) is 0 Å². The largest absolute Gasteiger partial charge is 0.311 e. The maximum absolute atomic E-state index is 3.34. The van der Waals surface area contributed by atoms with Gasteiger partial charge in [-0.3, -0.25) is 0 Å². The van der Waals surface area contributed by atoms with Crippen LogP contribution in [0, 0.1) is 6.54 Å². The van der Waals surface area contributed by atoms with E-state index < -0.39 is 0 Å². The van der Waals surface area contributed by atoms with Gasteiger partial charge >= 0.3 is 0 Å². The van der Waals surface area contributed by atoms with Gasteiger partial charge < -0.3 is 10.6 Å². The highest BCUT2D eigenvalue weighted by atomic mass is 15.1. The summed E-state index contributed by atoms with van der Waals surface area (Å²) in [6.07, 6.45) is 1.31. The average molecular weight is 97.1 g/mol. The van der Waals surface area contributed by atoms with E-state index in [0.717, 1.165) is 6.04 Å².